The summed E-state index contributed by atoms with van der Waals surface area (Å²) >= 11 is 3.43. The van der Waals surface area contributed by atoms with E-state index >= 15 is 0 Å². The van der Waals surface area contributed by atoms with E-state index < -0.39 is 0 Å². The van der Waals surface area contributed by atoms with Gasteiger partial charge in [0, 0.05) is 10.5 Å². The third-order valence-corrected chi connectivity index (χ3v) is 3.30. The van der Waals surface area contributed by atoms with Crippen molar-refractivity contribution < 1.29 is 0 Å². The van der Waals surface area contributed by atoms with Gasteiger partial charge in [0.15, 0.2) is 0 Å². The average molecular weight is 306 g/mol. The lowest BCUT2D eigenvalue weighted by Crippen LogP contribution is -2.08. The van der Waals surface area contributed by atoms with Gasteiger partial charge in [0.1, 0.15) is 5.69 Å². The van der Waals surface area contributed by atoms with E-state index in [4.69, 9.17) is 11.0 Å². The molecule has 0 aliphatic heterocycles. The second-order valence-corrected chi connectivity index (χ2v) is 4.89. The SMILES string of the molecule is Cc1c(C(C)N)nnn1-c1ccc(C#N)cc1Br. The highest BCUT2D eigenvalue weighted by molar-refractivity contribution is 9.10. The third kappa shape index (κ3) is 2.15. The monoisotopic (exact) mass is 305 g/mol. The first-order valence-corrected chi connectivity index (χ1v) is 6.21. The van der Waals surface area contributed by atoms with E-state index in [0.717, 1.165) is 21.5 Å². The molecule has 0 saturated carbocycles. The minimum absolute atomic E-state index is 0.157. The number of nitrogens with zero attached hydrogens (tertiary/aromatic N) is 4. The molecule has 0 aliphatic rings. The van der Waals surface area contributed by atoms with Crippen molar-refractivity contribution in [3.8, 4) is 11.8 Å². The molecule has 1 heterocycles. The zero-order valence-corrected chi connectivity index (χ0v) is 11.6. The highest BCUT2D eigenvalue weighted by Crippen LogP contribution is 2.24. The van der Waals surface area contributed by atoms with Crippen LogP contribution in [0, 0.1) is 18.3 Å². The van der Waals surface area contributed by atoms with E-state index in [0.29, 0.717) is 5.56 Å². The van der Waals surface area contributed by atoms with Crippen molar-refractivity contribution in [3.63, 3.8) is 0 Å². The summed E-state index contributed by atoms with van der Waals surface area (Å²) in [5.41, 5.74) is 8.92. The predicted molar refractivity (Wildman–Crippen MR) is 71.1 cm³/mol. The molecule has 0 bridgehead atoms. The highest BCUT2D eigenvalue weighted by Gasteiger charge is 2.14. The molecule has 1 aromatic heterocycles. The zero-order valence-electron chi connectivity index (χ0n) is 10.1. The first kappa shape index (κ1) is 12.7. The van der Waals surface area contributed by atoms with E-state index in [-0.39, 0.29) is 6.04 Å². The molecule has 0 aliphatic carbocycles. The maximum absolute atomic E-state index is 8.83. The number of halogens is 1. The smallest absolute Gasteiger partial charge is 0.102 e. The van der Waals surface area contributed by atoms with Crippen LogP contribution in [0.1, 0.15) is 29.9 Å². The molecule has 5 nitrogen and oxygen atoms in total. The van der Waals surface area contributed by atoms with Gasteiger partial charge in [-0.2, -0.15) is 5.26 Å². The molecule has 2 aromatic rings. The number of rotatable bonds is 2. The molecule has 18 heavy (non-hydrogen) atoms. The van der Waals surface area contributed by atoms with Crippen LogP contribution in [0.25, 0.3) is 5.69 Å². The Labute approximate surface area is 113 Å². The second kappa shape index (κ2) is 4.88. The van der Waals surface area contributed by atoms with Crippen LogP contribution >= 0.6 is 15.9 Å². The number of hydrogen-bond donors (Lipinski definition) is 1. The standard InChI is InChI=1S/C12H12BrN5/c1-7(15)12-8(2)18(17-16-12)11-4-3-9(6-14)5-10(11)13/h3-5,7H,15H2,1-2H3. The van der Waals surface area contributed by atoms with Gasteiger partial charge in [-0.15, -0.1) is 5.10 Å². The quantitative estimate of drug-likeness (QED) is 0.922. The van der Waals surface area contributed by atoms with Gasteiger partial charge in [0.05, 0.1) is 23.0 Å². The molecule has 0 amide bonds. The van der Waals surface area contributed by atoms with Gasteiger partial charge in [-0.1, -0.05) is 5.21 Å². The van der Waals surface area contributed by atoms with Gasteiger partial charge < -0.3 is 5.73 Å². The molecular formula is C12H12BrN5. The fourth-order valence-electron chi connectivity index (χ4n) is 1.74. The summed E-state index contributed by atoms with van der Waals surface area (Å²) in [6, 6.07) is 7.26. The minimum Gasteiger partial charge on any atom is -0.323 e. The van der Waals surface area contributed by atoms with Gasteiger partial charge in [-0.05, 0) is 48.0 Å². The van der Waals surface area contributed by atoms with Crippen molar-refractivity contribution in [3.05, 3.63) is 39.6 Å². The average Bonchev–Trinajstić information content (AvgIpc) is 2.71. The summed E-state index contributed by atoms with van der Waals surface area (Å²) in [6.07, 6.45) is 0. The Morgan fingerprint density at radius 2 is 2.22 bits per heavy atom. The first-order valence-electron chi connectivity index (χ1n) is 5.42. The molecule has 0 fully saturated rings. The van der Waals surface area contributed by atoms with Crippen molar-refractivity contribution in [1.29, 1.82) is 5.26 Å². The fourth-order valence-corrected chi connectivity index (χ4v) is 2.29. The van der Waals surface area contributed by atoms with Gasteiger partial charge in [0.25, 0.3) is 0 Å². The van der Waals surface area contributed by atoms with Crippen molar-refractivity contribution in [2.45, 2.75) is 19.9 Å². The van der Waals surface area contributed by atoms with Crippen LogP contribution in [0.3, 0.4) is 0 Å². The Bertz CT molecular complexity index is 624. The number of benzene rings is 1. The number of aromatic nitrogens is 3. The summed E-state index contributed by atoms with van der Waals surface area (Å²) < 4.78 is 2.51. The molecule has 0 radical (unpaired) electrons. The van der Waals surface area contributed by atoms with Crippen LogP contribution < -0.4 is 5.73 Å². The fraction of sp³-hybridized carbons (Fsp3) is 0.250. The second-order valence-electron chi connectivity index (χ2n) is 4.04. The Morgan fingerprint density at radius 1 is 1.50 bits per heavy atom. The van der Waals surface area contributed by atoms with Gasteiger partial charge in [0.2, 0.25) is 0 Å². The number of nitrogens with two attached hydrogens (primary N) is 1. The summed E-state index contributed by atoms with van der Waals surface area (Å²) in [7, 11) is 0. The van der Waals surface area contributed by atoms with Gasteiger partial charge >= 0.3 is 0 Å². The van der Waals surface area contributed by atoms with Crippen LogP contribution in [0.5, 0.6) is 0 Å². The Morgan fingerprint density at radius 3 is 2.72 bits per heavy atom. The maximum atomic E-state index is 8.83. The number of hydrogen-bond acceptors (Lipinski definition) is 4. The van der Waals surface area contributed by atoms with Crippen LogP contribution in [0.15, 0.2) is 22.7 Å². The van der Waals surface area contributed by atoms with E-state index in [1.807, 2.05) is 19.9 Å². The Kier molecular flexibility index (Phi) is 3.45. The molecule has 0 spiro atoms. The molecule has 2 rings (SSSR count). The normalized spacial score (nSPS) is 12.2. The third-order valence-electron chi connectivity index (χ3n) is 2.67. The van der Waals surface area contributed by atoms with Crippen LogP contribution in [0.2, 0.25) is 0 Å². The summed E-state index contributed by atoms with van der Waals surface area (Å²) in [5, 5.41) is 17.0. The van der Waals surface area contributed by atoms with E-state index in [2.05, 4.69) is 32.3 Å². The van der Waals surface area contributed by atoms with Crippen molar-refractivity contribution >= 4 is 15.9 Å². The lowest BCUT2D eigenvalue weighted by molar-refractivity contribution is 0.756. The largest absolute Gasteiger partial charge is 0.323 e. The molecule has 6 heteroatoms. The molecule has 92 valence electrons. The van der Waals surface area contributed by atoms with E-state index in [1.165, 1.54) is 0 Å². The minimum atomic E-state index is -0.157. The van der Waals surface area contributed by atoms with Crippen LogP contribution in [-0.4, -0.2) is 15.0 Å². The van der Waals surface area contributed by atoms with Crippen molar-refractivity contribution in [1.82, 2.24) is 15.0 Å². The molecule has 1 atom stereocenters. The highest BCUT2D eigenvalue weighted by atomic mass is 79.9. The van der Waals surface area contributed by atoms with Crippen molar-refractivity contribution in [2.75, 3.05) is 0 Å². The molecule has 1 aromatic carbocycles. The predicted octanol–water partition coefficient (Wildman–Crippen LogP) is 2.23. The van der Waals surface area contributed by atoms with Crippen LogP contribution in [-0.2, 0) is 0 Å². The van der Waals surface area contributed by atoms with Gasteiger partial charge in [-0.25, -0.2) is 4.68 Å². The zero-order chi connectivity index (χ0) is 13.3. The summed E-state index contributed by atoms with van der Waals surface area (Å²) in [4.78, 5) is 0. The molecule has 1 unspecified atom stereocenters. The maximum Gasteiger partial charge on any atom is 0.102 e. The van der Waals surface area contributed by atoms with Gasteiger partial charge in [-0.3, -0.25) is 0 Å². The first-order chi connectivity index (χ1) is 8.54. The summed E-state index contributed by atoms with van der Waals surface area (Å²) in [6.45, 7) is 3.79. The Balaban J connectivity index is 2.53. The molecular weight excluding hydrogens is 294 g/mol. The lowest BCUT2D eigenvalue weighted by Gasteiger charge is -2.07. The van der Waals surface area contributed by atoms with E-state index in [1.54, 1.807) is 16.8 Å². The van der Waals surface area contributed by atoms with Crippen molar-refractivity contribution in [2.24, 2.45) is 5.73 Å². The Hall–Kier alpha value is -1.71. The van der Waals surface area contributed by atoms with E-state index in [9.17, 15) is 0 Å². The number of nitriles is 1. The molecule has 0 saturated heterocycles. The molecule has 2 N–H and O–H groups in total. The van der Waals surface area contributed by atoms with Crippen LogP contribution in [0.4, 0.5) is 0 Å². The lowest BCUT2D eigenvalue weighted by atomic mass is 10.2. The topological polar surface area (TPSA) is 80.5 Å². The summed E-state index contributed by atoms with van der Waals surface area (Å²) in [5.74, 6) is 0.